The fourth-order valence-electron chi connectivity index (χ4n) is 2.36. The van der Waals surface area contributed by atoms with E-state index in [1.807, 2.05) is 19.1 Å². The summed E-state index contributed by atoms with van der Waals surface area (Å²) in [5.74, 6) is 1.08. The summed E-state index contributed by atoms with van der Waals surface area (Å²) >= 11 is 0. The van der Waals surface area contributed by atoms with Crippen LogP contribution >= 0.6 is 0 Å². The number of sulfone groups is 1. The molecule has 20 heavy (non-hydrogen) atoms. The number of rotatable bonds is 5. The van der Waals surface area contributed by atoms with Crippen molar-refractivity contribution in [1.82, 2.24) is 15.5 Å². The minimum atomic E-state index is -2.89. The minimum absolute atomic E-state index is 0.188. The fourth-order valence-corrected chi connectivity index (χ4v) is 2.85. The van der Waals surface area contributed by atoms with Gasteiger partial charge in [-0.15, -0.1) is 5.10 Å². The topological polar surface area (TPSA) is 75.2 Å². The lowest BCUT2D eigenvalue weighted by atomic mass is 10.1. The van der Waals surface area contributed by atoms with Crippen molar-refractivity contribution >= 4 is 15.7 Å². The second-order valence-electron chi connectivity index (χ2n) is 5.40. The molecule has 0 radical (unpaired) electrons. The third kappa shape index (κ3) is 4.72. The number of nitrogens with zero attached hydrogens (tertiary/aromatic N) is 3. The van der Waals surface area contributed by atoms with E-state index in [9.17, 15) is 8.42 Å². The number of nitrogens with one attached hydrogen (secondary N) is 1. The van der Waals surface area contributed by atoms with Crippen LogP contribution in [0.1, 0.15) is 18.5 Å². The molecule has 112 valence electrons. The van der Waals surface area contributed by atoms with Gasteiger partial charge >= 0.3 is 0 Å². The Balaban J connectivity index is 1.87. The molecular weight excluding hydrogens is 276 g/mol. The van der Waals surface area contributed by atoms with Crippen molar-refractivity contribution in [2.24, 2.45) is 0 Å². The first-order valence-electron chi connectivity index (χ1n) is 6.90. The van der Waals surface area contributed by atoms with Crippen LogP contribution in [0, 0.1) is 6.92 Å². The Morgan fingerprint density at radius 3 is 2.85 bits per heavy atom. The average molecular weight is 298 g/mol. The zero-order valence-corrected chi connectivity index (χ0v) is 12.9. The molecule has 0 saturated carbocycles. The third-order valence-corrected chi connectivity index (χ3v) is 4.38. The zero-order chi connectivity index (χ0) is 14.6. The normalized spacial score (nSPS) is 20.1. The average Bonchev–Trinajstić information content (AvgIpc) is 2.38. The highest BCUT2D eigenvalue weighted by Crippen LogP contribution is 2.17. The summed E-state index contributed by atoms with van der Waals surface area (Å²) in [5.41, 5.74) is 0.911. The SMILES string of the molecule is Cc1ccc(N2CCC[C@@H](NCCS(C)(=O)=O)C2)nn1. The van der Waals surface area contributed by atoms with Crippen LogP contribution in [0.5, 0.6) is 0 Å². The van der Waals surface area contributed by atoms with Crippen LogP contribution in [0.4, 0.5) is 5.82 Å². The Labute approximate surface area is 120 Å². The first kappa shape index (κ1) is 15.2. The van der Waals surface area contributed by atoms with Gasteiger partial charge in [0, 0.05) is 31.9 Å². The molecule has 0 aliphatic carbocycles. The summed E-state index contributed by atoms with van der Waals surface area (Å²) in [5, 5.41) is 11.6. The summed E-state index contributed by atoms with van der Waals surface area (Å²) in [6.45, 7) is 4.25. The molecule has 1 fully saturated rings. The Hall–Kier alpha value is -1.21. The van der Waals surface area contributed by atoms with Gasteiger partial charge in [-0.2, -0.15) is 5.10 Å². The smallest absolute Gasteiger partial charge is 0.151 e. The number of anilines is 1. The van der Waals surface area contributed by atoms with E-state index in [0.29, 0.717) is 12.6 Å². The van der Waals surface area contributed by atoms with E-state index >= 15 is 0 Å². The van der Waals surface area contributed by atoms with Gasteiger partial charge in [0.2, 0.25) is 0 Å². The lowest BCUT2D eigenvalue weighted by molar-refractivity contribution is 0.429. The van der Waals surface area contributed by atoms with Crippen molar-refractivity contribution in [2.75, 3.05) is 36.5 Å². The van der Waals surface area contributed by atoms with Gasteiger partial charge in [-0.1, -0.05) is 0 Å². The Morgan fingerprint density at radius 2 is 2.20 bits per heavy atom. The summed E-state index contributed by atoms with van der Waals surface area (Å²) in [7, 11) is -2.89. The van der Waals surface area contributed by atoms with Gasteiger partial charge in [0.25, 0.3) is 0 Å². The number of hydrogen-bond acceptors (Lipinski definition) is 6. The summed E-state index contributed by atoms with van der Waals surface area (Å²) in [6, 6.07) is 4.26. The molecule has 1 saturated heterocycles. The quantitative estimate of drug-likeness (QED) is 0.847. The van der Waals surface area contributed by atoms with Gasteiger partial charge in [0.1, 0.15) is 9.84 Å². The van der Waals surface area contributed by atoms with Crippen molar-refractivity contribution in [3.63, 3.8) is 0 Å². The molecule has 1 atom stereocenters. The van der Waals surface area contributed by atoms with E-state index in [4.69, 9.17) is 0 Å². The van der Waals surface area contributed by atoms with Crippen molar-refractivity contribution in [2.45, 2.75) is 25.8 Å². The Kier molecular flexibility index (Phi) is 4.93. The molecule has 0 spiro atoms. The van der Waals surface area contributed by atoms with Crippen LogP contribution < -0.4 is 10.2 Å². The number of piperidine rings is 1. The van der Waals surface area contributed by atoms with Crippen LogP contribution in [-0.4, -0.2) is 56.3 Å². The van der Waals surface area contributed by atoms with Crippen LogP contribution in [0.25, 0.3) is 0 Å². The predicted molar refractivity (Wildman–Crippen MR) is 79.7 cm³/mol. The van der Waals surface area contributed by atoms with Crippen LogP contribution in [-0.2, 0) is 9.84 Å². The molecule has 1 N–H and O–H groups in total. The van der Waals surface area contributed by atoms with Crippen LogP contribution in [0.2, 0.25) is 0 Å². The Morgan fingerprint density at radius 1 is 1.40 bits per heavy atom. The molecule has 2 heterocycles. The lowest BCUT2D eigenvalue weighted by Gasteiger charge is -2.33. The van der Waals surface area contributed by atoms with E-state index in [1.54, 1.807) is 0 Å². The second-order valence-corrected chi connectivity index (χ2v) is 7.66. The number of aromatic nitrogens is 2. The number of aryl methyl sites for hydroxylation is 1. The maximum absolute atomic E-state index is 11.1. The fraction of sp³-hybridized carbons (Fsp3) is 0.692. The maximum Gasteiger partial charge on any atom is 0.151 e. The number of hydrogen-bond donors (Lipinski definition) is 1. The first-order valence-corrected chi connectivity index (χ1v) is 8.96. The van der Waals surface area contributed by atoms with Crippen LogP contribution in [0.3, 0.4) is 0 Å². The predicted octanol–water partition coefficient (Wildman–Crippen LogP) is 0.388. The van der Waals surface area contributed by atoms with E-state index < -0.39 is 9.84 Å². The Bertz CT molecular complexity index is 530. The lowest BCUT2D eigenvalue weighted by Crippen LogP contribution is -2.47. The molecule has 0 unspecified atom stereocenters. The highest BCUT2D eigenvalue weighted by molar-refractivity contribution is 7.90. The first-order chi connectivity index (χ1) is 9.44. The third-order valence-electron chi connectivity index (χ3n) is 3.44. The highest BCUT2D eigenvalue weighted by Gasteiger charge is 2.20. The monoisotopic (exact) mass is 298 g/mol. The van der Waals surface area contributed by atoms with Crippen molar-refractivity contribution in [3.05, 3.63) is 17.8 Å². The summed E-state index contributed by atoms with van der Waals surface area (Å²) in [6.07, 6.45) is 3.41. The molecular formula is C13H22N4O2S. The van der Waals surface area contributed by atoms with Crippen molar-refractivity contribution in [1.29, 1.82) is 0 Å². The molecule has 1 aliphatic rings. The van der Waals surface area contributed by atoms with E-state index in [-0.39, 0.29) is 5.75 Å². The highest BCUT2D eigenvalue weighted by atomic mass is 32.2. The molecule has 7 heteroatoms. The van der Waals surface area contributed by atoms with E-state index in [1.165, 1.54) is 6.26 Å². The minimum Gasteiger partial charge on any atom is -0.354 e. The van der Waals surface area contributed by atoms with E-state index in [0.717, 1.165) is 37.4 Å². The molecule has 0 bridgehead atoms. The summed E-state index contributed by atoms with van der Waals surface area (Å²) < 4.78 is 22.2. The molecule has 1 aromatic heterocycles. The van der Waals surface area contributed by atoms with Gasteiger partial charge in [0.05, 0.1) is 11.4 Å². The van der Waals surface area contributed by atoms with Gasteiger partial charge in [-0.3, -0.25) is 0 Å². The molecule has 6 nitrogen and oxygen atoms in total. The maximum atomic E-state index is 11.1. The van der Waals surface area contributed by atoms with Crippen LogP contribution in [0.15, 0.2) is 12.1 Å². The molecule has 0 amide bonds. The molecule has 2 rings (SSSR count). The zero-order valence-electron chi connectivity index (χ0n) is 12.0. The van der Waals surface area contributed by atoms with Gasteiger partial charge in [0.15, 0.2) is 5.82 Å². The molecule has 1 aromatic rings. The van der Waals surface area contributed by atoms with Crippen molar-refractivity contribution < 1.29 is 8.42 Å². The van der Waals surface area contributed by atoms with Gasteiger partial charge in [-0.25, -0.2) is 8.42 Å². The van der Waals surface area contributed by atoms with Crippen molar-refractivity contribution in [3.8, 4) is 0 Å². The van der Waals surface area contributed by atoms with Gasteiger partial charge < -0.3 is 10.2 Å². The molecule has 1 aliphatic heterocycles. The molecule has 0 aromatic carbocycles. The second kappa shape index (κ2) is 6.49. The summed E-state index contributed by atoms with van der Waals surface area (Å²) in [4.78, 5) is 2.20. The van der Waals surface area contributed by atoms with E-state index in [2.05, 4.69) is 20.4 Å². The van der Waals surface area contributed by atoms with Gasteiger partial charge in [-0.05, 0) is 31.9 Å². The largest absolute Gasteiger partial charge is 0.354 e. The standard InChI is InChI=1S/C13H22N4O2S/c1-11-5-6-13(16-15-11)17-8-3-4-12(10-17)14-7-9-20(2,18)19/h5-6,12,14H,3-4,7-10H2,1-2H3/t12-/m1/s1.